The number of benzene rings is 1. The van der Waals surface area contributed by atoms with Gasteiger partial charge in [0, 0.05) is 10.6 Å². The molecule has 1 aromatic rings. The van der Waals surface area contributed by atoms with Crippen molar-refractivity contribution < 1.29 is 0 Å². The van der Waals surface area contributed by atoms with Gasteiger partial charge in [-0.15, -0.1) is 0 Å². The fourth-order valence-corrected chi connectivity index (χ4v) is 2.50. The Hall–Kier alpha value is -0.530. The molecule has 16 heavy (non-hydrogen) atoms. The summed E-state index contributed by atoms with van der Waals surface area (Å²) in [7, 11) is 0. The van der Waals surface area contributed by atoms with E-state index in [0.29, 0.717) is 0 Å². The quantitative estimate of drug-likeness (QED) is 0.760. The van der Waals surface area contributed by atoms with Crippen molar-refractivity contribution in [2.45, 2.75) is 44.6 Å². The average molecular weight is 238 g/mol. The van der Waals surface area contributed by atoms with Gasteiger partial charge in [-0.25, -0.2) is 0 Å². The molecule has 0 spiro atoms. The van der Waals surface area contributed by atoms with Gasteiger partial charge in [-0.1, -0.05) is 37.1 Å². The molecule has 0 aliphatic heterocycles. The van der Waals surface area contributed by atoms with E-state index in [1.165, 1.54) is 37.7 Å². The molecule has 0 radical (unpaired) electrons. The standard InChI is InChI=1S/C14H20ClN/c1-2-3-11-16-14(9-4-10-14)12-5-7-13(15)8-6-12/h5-8,16H,2-4,9-11H2,1H3. The van der Waals surface area contributed by atoms with Gasteiger partial charge in [0.1, 0.15) is 0 Å². The van der Waals surface area contributed by atoms with Crippen LogP contribution in [-0.4, -0.2) is 6.54 Å². The molecule has 2 heteroatoms. The van der Waals surface area contributed by atoms with Crippen molar-refractivity contribution >= 4 is 11.6 Å². The predicted octanol–water partition coefficient (Wildman–Crippen LogP) is 4.11. The normalized spacial score (nSPS) is 18.1. The maximum absolute atomic E-state index is 5.93. The van der Waals surface area contributed by atoms with Crippen molar-refractivity contribution in [3.63, 3.8) is 0 Å². The lowest BCUT2D eigenvalue weighted by Crippen LogP contribution is -2.48. The minimum Gasteiger partial charge on any atom is -0.307 e. The third-order valence-electron chi connectivity index (χ3n) is 3.60. The van der Waals surface area contributed by atoms with Crippen molar-refractivity contribution in [2.24, 2.45) is 0 Å². The first-order valence-corrected chi connectivity index (χ1v) is 6.66. The van der Waals surface area contributed by atoms with Gasteiger partial charge in [-0.2, -0.15) is 0 Å². The van der Waals surface area contributed by atoms with Crippen LogP contribution in [0.4, 0.5) is 0 Å². The van der Waals surface area contributed by atoms with E-state index < -0.39 is 0 Å². The Labute approximate surface area is 103 Å². The molecule has 0 aromatic heterocycles. The van der Waals surface area contributed by atoms with Crippen LogP contribution in [0, 0.1) is 0 Å². The molecule has 0 bridgehead atoms. The Morgan fingerprint density at radius 2 is 1.94 bits per heavy atom. The minimum atomic E-state index is 0.250. The first kappa shape index (κ1) is 11.9. The van der Waals surface area contributed by atoms with E-state index in [2.05, 4.69) is 24.4 Å². The summed E-state index contributed by atoms with van der Waals surface area (Å²) in [5.74, 6) is 0. The number of nitrogens with one attached hydrogen (secondary N) is 1. The summed E-state index contributed by atoms with van der Waals surface area (Å²) in [6.07, 6.45) is 6.37. The maximum Gasteiger partial charge on any atom is 0.0434 e. The van der Waals surface area contributed by atoms with Gasteiger partial charge in [0.2, 0.25) is 0 Å². The van der Waals surface area contributed by atoms with Crippen molar-refractivity contribution in [3.05, 3.63) is 34.9 Å². The molecule has 1 aromatic carbocycles. The summed E-state index contributed by atoms with van der Waals surface area (Å²) in [6.45, 7) is 3.36. The summed E-state index contributed by atoms with van der Waals surface area (Å²) >= 11 is 5.93. The van der Waals surface area contributed by atoms with Crippen molar-refractivity contribution in [1.29, 1.82) is 0 Å². The second-order valence-corrected chi connectivity index (χ2v) is 5.16. The van der Waals surface area contributed by atoms with E-state index in [4.69, 9.17) is 11.6 Å². The van der Waals surface area contributed by atoms with Gasteiger partial charge >= 0.3 is 0 Å². The third kappa shape index (κ3) is 2.41. The summed E-state index contributed by atoms with van der Waals surface area (Å²) < 4.78 is 0. The smallest absolute Gasteiger partial charge is 0.0434 e. The zero-order chi connectivity index (χ0) is 11.4. The molecule has 0 saturated heterocycles. The molecule has 1 fully saturated rings. The van der Waals surface area contributed by atoms with Crippen LogP contribution in [0.1, 0.15) is 44.6 Å². The zero-order valence-electron chi connectivity index (χ0n) is 9.93. The van der Waals surface area contributed by atoms with E-state index >= 15 is 0 Å². The van der Waals surface area contributed by atoms with E-state index in [1.54, 1.807) is 0 Å². The number of unbranched alkanes of at least 4 members (excludes halogenated alkanes) is 1. The van der Waals surface area contributed by atoms with Gasteiger partial charge in [0.05, 0.1) is 0 Å². The van der Waals surface area contributed by atoms with Gasteiger partial charge < -0.3 is 5.32 Å². The molecule has 1 saturated carbocycles. The highest BCUT2D eigenvalue weighted by Crippen LogP contribution is 2.41. The molecule has 1 nitrogen and oxygen atoms in total. The van der Waals surface area contributed by atoms with Crippen molar-refractivity contribution in [1.82, 2.24) is 5.32 Å². The van der Waals surface area contributed by atoms with Crippen LogP contribution in [0.25, 0.3) is 0 Å². The molecule has 0 amide bonds. The fraction of sp³-hybridized carbons (Fsp3) is 0.571. The Morgan fingerprint density at radius 3 is 2.44 bits per heavy atom. The minimum absolute atomic E-state index is 0.250. The Balaban J connectivity index is 2.05. The summed E-state index contributed by atoms with van der Waals surface area (Å²) in [6, 6.07) is 8.33. The molecule has 0 unspecified atom stereocenters. The first-order valence-electron chi connectivity index (χ1n) is 6.28. The lowest BCUT2D eigenvalue weighted by atomic mass is 9.72. The highest BCUT2D eigenvalue weighted by Gasteiger charge is 2.37. The van der Waals surface area contributed by atoms with Crippen LogP contribution in [0.5, 0.6) is 0 Å². The highest BCUT2D eigenvalue weighted by atomic mass is 35.5. The molecule has 0 atom stereocenters. The van der Waals surface area contributed by atoms with Gasteiger partial charge in [-0.05, 0) is 49.9 Å². The number of hydrogen-bond acceptors (Lipinski definition) is 1. The number of hydrogen-bond donors (Lipinski definition) is 1. The summed E-state index contributed by atoms with van der Waals surface area (Å²) in [5, 5.41) is 4.55. The topological polar surface area (TPSA) is 12.0 Å². The molecule has 0 heterocycles. The van der Waals surface area contributed by atoms with Crippen LogP contribution >= 0.6 is 11.6 Å². The average Bonchev–Trinajstić information content (AvgIpc) is 2.24. The van der Waals surface area contributed by atoms with Crippen LogP contribution in [0.2, 0.25) is 5.02 Å². The van der Waals surface area contributed by atoms with E-state index in [9.17, 15) is 0 Å². The van der Waals surface area contributed by atoms with Crippen LogP contribution in [0.15, 0.2) is 24.3 Å². The molecular formula is C14H20ClN. The van der Waals surface area contributed by atoms with E-state index in [1.807, 2.05) is 12.1 Å². The fourth-order valence-electron chi connectivity index (χ4n) is 2.37. The van der Waals surface area contributed by atoms with Crippen LogP contribution in [0.3, 0.4) is 0 Å². The molecule has 2 rings (SSSR count). The third-order valence-corrected chi connectivity index (χ3v) is 3.85. The lowest BCUT2D eigenvalue weighted by Gasteiger charge is -2.43. The zero-order valence-corrected chi connectivity index (χ0v) is 10.7. The largest absolute Gasteiger partial charge is 0.307 e. The SMILES string of the molecule is CCCCNC1(c2ccc(Cl)cc2)CCC1. The van der Waals surface area contributed by atoms with Crippen molar-refractivity contribution in [2.75, 3.05) is 6.54 Å². The maximum atomic E-state index is 5.93. The first-order chi connectivity index (χ1) is 7.77. The highest BCUT2D eigenvalue weighted by molar-refractivity contribution is 6.30. The summed E-state index contributed by atoms with van der Waals surface area (Å²) in [5.41, 5.74) is 1.65. The Morgan fingerprint density at radius 1 is 1.25 bits per heavy atom. The molecule has 1 aliphatic carbocycles. The molecule has 1 N–H and O–H groups in total. The number of halogens is 1. The van der Waals surface area contributed by atoms with Crippen molar-refractivity contribution in [3.8, 4) is 0 Å². The van der Waals surface area contributed by atoms with Gasteiger partial charge in [0.25, 0.3) is 0 Å². The van der Waals surface area contributed by atoms with Gasteiger partial charge in [-0.3, -0.25) is 0 Å². The molecule has 1 aliphatic rings. The Kier molecular flexibility index (Phi) is 3.88. The lowest BCUT2D eigenvalue weighted by molar-refractivity contribution is 0.185. The molecular weight excluding hydrogens is 218 g/mol. The predicted molar refractivity (Wildman–Crippen MR) is 69.9 cm³/mol. The second-order valence-electron chi connectivity index (χ2n) is 4.72. The molecule has 88 valence electrons. The monoisotopic (exact) mass is 237 g/mol. The second kappa shape index (κ2) is 5.20. The summed E-state index contributed by atoms with van der Waals surface area (Å²) in [4.78, 5) is 0. The van der Waals surface area contributed by atoms with Gasteiger partial charge in [0.15, 0.2) is 0 Å². The van der Waals surface area contributed by atoms with Crippen LogP contribution < -0.4 is 5.32 Å². The van der Waals surface area contributed by atoms with E-state index in [0.717, 1.165) is 11.6 Å². The Bertz CT molecular complexity index is 327. The number of rotatable bonds is 5. The van der Waals surface area contributed by atoms with E-state index in [-0.39, 0.29) is 5.54 Å². The van der Waals surface area contributed by atoms with Crippen LogP contribution in [-0.2, 0) is 5.54 Å².